The molecule has 0 atom stereocenters. The summed E-state index contributed by atoms with van der Waals surface area (Å²) in [6.45, 7) is 2.45. The van der Waals surface area contributed by atoms with Gasteiger partial charge in [0.2, 0.25) is 5.95 Å². The number of anilines is 2. The normalized spacial score (nSPS) is 14.3. The fourth-order valence-electron chi connectivity index (χ4n) is 3.12. The Balaban J connectivity index is 1.46. The van der Waals surface area contributed by atoms with Gasteiger partial charge < -0.3 is 9.88 Å². The summed E-state index contributed by atoms with van der Waals surface area (Å²) in [5.41, 5.74) is 2.24. The summed E-state index contributed by atoms with van der Waals surface area (Å²) in [7, 11) is 0. The molecule has 0 unspecified atom stereocenters. The van der Waals surface area contributed by atoms with E-state index in [1.807, 2.05) is 0 Å². The first-order valence-corrected chi connectivity index (χ1v) is 8.32. The Morgan fingerprint density at radius 2 is 1.73 bits per heavy atom. The standard InChI is InChI=1S/C19H17F3N4/c20-14-3-5-16(6-4-14)24-19-23-10-17-12-25(7-8-26(17)19)11-13-1-2-15(21)9-18(13)22/h1-6,9-10H,7-8,11-12H2,(H,23,24). The number of benzene rings is 2. The highest BCUT2D eigenvalue weighted by molar-refractivity contribution is 5.53. The summed E-state index contributed by atoms with van der Waals surface area (Å²) in [6.07, 6.45) is 1.78. The van der Waals surface area contributed by atoms with Crippen LogP contribution in [0.5, 0.6) is 0 Å². The third-order valence-electron chi connectivity index (χ3n) is 4.47. The van der Waals surface area contributed by atoms with Gasteiger partial charge in [-0.3, -0.25) is 4.90 Å². The maximum Gasteiger partial charge on any atom is 0.207 e. The molecule has 1 aliphatic heterocycles. The smallest absolute Gasteiger partial charge is 0.207 e. The van der Waals surface area contributed by atoms with E-state index in [-0.39, 0.29) is 5.82 Å². The monoisotopic (exact) mass is 358 g/mol. The third kappa shape index (κ3) is 3.43. The number of aromatic nitrogens is 2. The second-order valence-corrected chi connectivity index (χ2v) is 6.30. The molecule has 1 aromatic heterocycles. The average Bonchev–Trinajstić information content (AvgIpc) is 3.02. The highest BCUT2D eigenvalue weighted by atomic mass is 19.1. The minimum atomic E-state index is -0.570. The summed E-state index contributed by atoms with van der Waals surface area (Å²) >= 11 is 0. The molecule has 0 fully saturated rings. The molecule has 134 valence electrons. The zero-order chi connectivity index (χ0) is 18.1. The van der Waals surface area contributed by atoms with Crippen LogP contribution in [0.2, 0.25) is 0 Å². The number of nitrogens with one attached hydrogen (secondary N) is 1. The summed E-state index contributed by atoms with van der Waals surface area (Å²) < 4.78 is 42.0. The number of rotatable bonds is 4. The zero-order valence-electron chi connectivity index (χ0n) is 13.9. The van der Waals surface area contributed by atoms with Crippen LogP contribution >= 0.6 is 0 Å². The van der Waals surface area contributed by atoms with Crippen molar-refractivity contribution in [3.63, 3.8) is 0 Å². The molecule has 1 N–H and O–H groups in total. The topological polar surface area (TPSA) is 33.1 Å². The van der Waals surface area contributed by atoms with E-state index in [1.165, 1.54) is 24.3 Å². The Labute approximate surface area is 148 Å². The molecule has 4 nitrogen and oxygen atoms in total. The van der Waals surface area contributed by atoms with E-state index >= 15 is 0 Å². The molecule has 7 heteroatoms. The summed E-state index contributed by atoms with van der Waals surface area (Å²) in [5, 5.41) is 3.18. The molecule has 0 aliphatic carbocycles. The summed E-state index contributed by atoms with van der Waals surface area (Å²) in [4.78, 5) is 6.49. The van der Waals surface area contributed by atoms with Crippen molar-refractivity contribution in [1.29, 1.82) is 0 Å². The van der Waals surface area contributed by atoms with Gasteiger partial charge in [0.1, 0.15) is 17.5 Å². The van der Waals surface area contributed by atoms with Crippen molar-refractivity contribution >= 4 is 11.6 Å². The third-order valence-corrected chi connectivity index (χ3v) is 4.47. The Morgan fingerprint density at radius 1 is 0.962 bits per heavy atom. The molecule has 0 saturated heterocycles. The van der Waals surface area contributed by atoms with Crippen molar-refractivity contribution in [3.05, 3.63) is 77.4 Å². The molecule has 0 bridgehead atoms. The van der Waals surface area contributed by atoms with Crippen molar-refractivity contribution < 1.29 is 13.2 Å². The molecule has 0 amide bonds. The van der Waals surface area contributed by atoms with Crippen molar-refractivity contribution in [1.82, 2.24) is 14.5 Å². The maximum atomic E-state index is 13.9. The van der Waals surface area contributed by atoms with E-state index in [0.717, 1.165) is 24.0 Å². The van der Waals surface area contributed by atoms with Crippen LogP contribution < -0.4 is 5.32 Å². The molecule has 0 saturated carbocycles. The van der Waals surface area contributed by atoms with Gasteiger partial charge in [-0.25, -0.2) is 18.2 Å². The molecule has 2 heterocycles. The van der Waals surface area contributed by atoms with Crippen LogP contribution in [-0.2, 0) is 19.6 Å². The molecule has 26 heavy (non-hydrogen) atoms. The first kappa shape index (κ1) is 16.7. The predicted molar refractivity (Wildman–Crippen MR) is 92.4 cm³/mol. The van der Waals surface area contributed by atoms with Gasteiger partial charge in [-0.1, -0.05) is 6.07 Å². The Morgan fingerprint density at radius 3 is 2.50 bits per heavy atom. The van der Waals surface area contributed by atoms with Crippen LogP contribution in [0.25, 0.3) is 0 Å². The maximum absolute atomic E-state index is 13.9. The van der Waals surface area contributed by atoms with E-state index in [1.54, 1.807) is 18.3 Å². The highest BCUT2D eigenvalue weighted by Crippen LogP contribution is 2.23. The fourth-order valence-corrected chi connectivity index (χ4v) is 3.12. The molecular weight excluding hydrogens is 341 g/mol. The molecule has 4 rings (SSSR count). The van der Waals surface area contributed by atoms with Gasteiger partial charge in [-0.15, -0.1) is 0 Å². The van der Waals surface area contributed by atoms with Crippen LogP contribution in [0.3, 0.4) is 0 Å². The number of hydrogen-bond donors (Lipinski definition) is 1. The first-order chi connectivity index (χ1) is 12.6. The average molecular weight is 358 g/mol. The summed E-state index contributed by atoms with van der Waals surface area (Å²) in [6, 6.07) is 9.76. The van der Waals surface area contributed by atoms with Gasteiger partial charge >= 0.3 is 0 Å². The molecule has 0 radical (unpaired) electrons. The van der Waals surface area contributed by atoms with E-state index in [2.05, 4.69) is 19.8 Å². The molecule has 1 aliphatic rings. The lowest BCUT2D eigenvalue weighted by atomic mass is 10.1. The van der Waals surface area contributed by atoms with E-state index < -0.39 is 11.6 Å². The van der Waals surface area contributed by atoms with Crippen molar-refractivity contribution in [3.8, 4) is 0 Å². The largest absolute Gasteiger partial charge is 0.326 e. The van der Waals surface area contributed by atoms with Crippen molar-refractivity contribution in [2.75, 3.05) is 11.9 Å². The Hall–Kier alpha value is -2.80. The summed E-state index contributed by atoms with van der Waals surface area (Å²) in [5.74, 6) is -0.689. The number of hydrogen-bond acceptors (Lipinski definition) is 3. The van der Waals surface area contributed by atoms with Crippen LogP contribution in [0.4, 0.5) is 24.8 Å². The second kappa shape index (κ2) is 6.84. The van der Waals surface area contributed by atoms with E-state index in [0.29, 0.717) is 31.1 Å². The van der Waals surface area contributed by atoms with E-state index in [4.69, 9.17) is 0 Å². The SMILES string of the molecule is Fc1ccc(Nc2ncc3n2CCN(Cc2ccc(F)cc2F)C3)cc1. The molecule has 2 aromatic carbocycles. The van der Waals surface area contributed by atoms with Crippen LogP contribution in [0.1, 0.15) is 11.3 Å². The Bertz CT molecular complexity index is 921. The molecular formula is C19H17F3N4. The van der Waals surface area contributed by atoms with Gasteiger partial charge in [0.15, 0.2) is 0 Å². The van der Waals surface area contributed by atoms with Gasteiger partial charge in [0, 0.05) is 43.5 Å². The highest BCUT2D eigenvalue weighted by Gasteiger charge is 2.20. The molecule has 3 aromatic rings. The fraction of sp³-hybridized carbons (Fsp3) is 0.211. The lowest BCUT2D eigenvalue weighted by molar-refractivity contribution is 0.211. The van der Waals surface area contributed by atoms with Gasteiger partial charge in [-0.2, -0.15) is 0 Å². The van der Waals surface area contributed by atoms with Crippen LogP contribution in [0.15, 0.2) is 48.7 Å². The predicted octanol–water partition coefficient (Wildman–Crippen LogP) is 4.06. The number of fused-ring (bicyclic) bond motifs is 1. The van der Waals surface area contributed by atoms with Gasteiger partial charge in [-0.05, 0) is 30.3 Å². The molecule has 0 spiro atoms. The van der Waals surface area contributed by atoms with Crippen LogP contribution in [-0.4, -0.2) is 21.0 Å². The van der Waals surface area contributed by atoms with Crippen LogP contribution in [0, 0.1) is 17.5 Å². The lowest BCUT2D eigenvalue weighted by Crippen LogP contribution is -2.33. The number of halogens is 3. The number of imidazole rings is 1. The zero-order valence-corrected chi connectivity index (χ0v) is 13.9. The van der Waals surface area contributed by atoms with Gasteiger partial charge in [0.25, 0.3) is 0 Å². The second-order valence-electron chi connectivity index (χ2n) is 6.30. The minimum absolute atomic E-state index is 0.288. The van der Waals surface area contributed by atoms with Crippen molar-refractivity contribution in [2.45, 2.75) is 19.6 Å². The lowest BCUT2D eigenvalue weighted by Gasteiger charge is -2.29. The van der Waals surface area contributed by atoms with E-state index in [9.17, 15) is 13.2 Å². The number of nitrogens with zero attached hydrogens (tertiary/aromatic N) is 3. The Kier molecular flexibility index (Phi) is 4.38. The minimum Gasteiger partial charge on any atom is -0.326 e. The quantitative estimate of drug-likeness (QED) is 0.764. The van der Waals surface area contributed by atoms with Crippen molar-refractivity contribution in [2.24, 2.45) is 0 Å². The van der Waals surface area contributed by atoms with Gasteiger partial charge in [0.05, 0.1) is 11.9 Å². The first-order valence-electron chi connectivity index (χ1n) is 8.32.